The van der Waals surface area contributed by atoms with E-state index >= 15 is 0 Å². The smallest absolute Gasteiger partial charge is 0.309 e. The molecule has 118 valence electrons. The van der Waals surface area contributed by atoms with E-state index in [1.807, 2.05) is 13.0 Å². The van der Waals surface area contributed by atoms with Gasteiger partial charge in [-0.2, -0.15) is 0 Å². The number of carbonyl (C=O) groups excluding carboxylic acids is 2. The minimum Gasteiger partial charge on any atom is -0.458 e. The molecule has 2 rings (SSSR count). The van der Waals surface area contributed by atoms with Crippen molar-refractivity contribution in [1.29, 1.82) is 0 Å². The van der Waals surface area contributed by atoms with Gasteiger partial charge in [0.15, 0.2) is 0 Å². The maximum atomic E-state index is 12.3. The second kappa shape index (κ2) is 7.10. The highest BCUT2D eigenvalue weighted by Crippen LogP contribution is 2.29. The molecule has 1 saturated heterocycles. The predicted octanol–water partition coefficient (Wildman–Crippen LogP) is 3.25. The fourth-order valence-electron chi connectivity index (χ4n) is 2.98. The summed E-state index contributed by atoms with van der Waals surface area (Å²) in [5.41, 5.74) is 0. The van der Waals surface area contributed by atoms with Crippen LogP contribution in [0.15, 0.2) is 12.2 Å². The van der Waals surface area contributed by atoms with Crippen LogP contribution in [0.25, 0.3) is 0 Å². The first-order valence-corrected chi connectivity index (χ1v) is 8.03. The van der Waals surface area contributed by atoms with E-state index in [1.54, 1.807) is 0 Å². The van der Waals surface area contributed by atoms with E-state index < -0.39 is 0 Å². The Hall–Kier alpha value is -1.32. The van der Waals surface area contributed by atoms with E-state index in [4.69, 9.17) is 9.47 Å². The van der Waals surface area contributed by atoms with Crippen molar-refractivity contribution in [2.75, 3.05) is 0 Å². The van der Waals surface area contributed by atoms with Crippen molar-refractivity contribution in [3.63, 3.8) is 0 Å². The number of hydrogen-bond acceptors (Lipinski definition) is 4. The third-order valence-corrected chi connectivity index (χ3v) is 4.24. The van der Waals surface area contributed by atoms with Crippen molar-refractivity contribution in [2.45, 2.75) is 65.1 Å². The summed E-state index contributed by atoms with van der Waals surface area (Å²) >= 11 is 0. The van der Waals surface area contributed by atoms with Gasteiger partial charge in [-0.1, -0.05) is 32.9 Å². The van der Waals surface area contributed by atoms with Crippen LogP contribution in [0.5, 0.6) is 0 Å². The van der Waals surface area contributed by atoms with Gasteiger partial charge in [0.1, 0.15) is 12.2 Å². The highest BCUT2D eigenvalue weighted by molar-refractivity contribution is 5.75. The molecule has 4 atom stereocenters. The third kappa shape index (κ3) is 4.32. The zero-order chi connectivity index (χ0) is 15.4. The molecule has 0 aromatic rings. The Balaban J connectivity index is 1.97. The van der Waals surface area contributed by atoms with Gasteiger partial charge >= 0.3 is 11.9 Å². The van der Waals surface area contributed by atoms with Crippen LogP contribution in [0.4, 0.5) is 0 Å². The van der Waals surface area contributed by atoms with Crippen LogP contribution in [0.2, 0.25) is 0 Å². The summed E-state index contributed by atoms with van der Waals surface area (Å²) in [5, 5.41) is 0. The summed E-state index contributed by atoms with van der Waals surface area (Å²) in [4.78, 5) is 23.9. The number of hydrogen-bond donors (Lipinski definition) is 0. The summed E-state index contributed by atoms with van der Waals surface area (Å²) < 4.78 is 11.1. The molecule has 21 heavy (non-hydrogen) atoms. The van der Waals surface area contributed by atoms with Gasteiger partial charge in [0, 0.05) is 6.42 Å². The Bertz CT molecular complexity index is 413. The van der Waals surface area contributed by atoms with Crippen LogP contribution >= 0.6 is 0 Å². The molecular formula is C17H26O4. The summed E-state index contributed by atoms with van der Waals surface area (Å²) in [6.45, 7) is 6.04. The summed E-state index contributed by atoms with van der Waals surface area (Å²) in [7, 11) is 0. The Morgan fingerprint density at radius 3 is 2.71 bits per heavy atom. The number of allylic oxidation sites excluding steroid dienone is 2. The maximum Gasteiger partial charge on any atom is 0.309 e. The SMILES string of the molecule is CC(C)CC(OC(=O)C1CC=CCC1)C1CC(C)C(=O)O1. The van der Waals surface area contributed by atoms with Crippen molar-refractivity contribution in [2.24, 2.45) is 17.8 Å². The van der Waals surface area contributed by atoms with Gasteiger partial charge in [0.2, 0.25) is 0 Å². The molecule has 4 heteroatoms. The molecular weight excluding hydrogens is 268 g/mol. The third-order valence-electron chi connectivity index (χ3n) is 4.24. The van der Waals surface area contributed by atoms with Gasteiger partial charge in [-0.3, -0.25) is 9.59 Å². The molecule has 0 N–H and O–H groups in total. The van der Waals surface area contributed by atoms with Crippen LogP contribution in [0, 0.1) is 17.8 Å². The van der Waals surface area contributed by atoms with Gasteiger partial charge < -0.3 is 9.47 Å². The average Bonchev–Trinajstić information content (AvgIpc) is 2.78. The van der Waals surface area contributed by atoms with Crippen LogP contribution in [-0.2, 0) is 19.1 Å². The molecule has 0 amide bonds. The number of rotatable bonds is 5. The molecule has 2 aliphatic rings. The van der Waals surface area contributed by atoms with E-state index in [0.717, 1.165) is 25.7 Å². The lowest BCUT2D eigenvalue weighted by molar-refractivity contribution is -0.166. The molecule has 0 aromatic carbocycles. The number of cyclic esters (lactones) is 1. The predicted molar refractivity (Wildman–Crippen MR) is 79.5 cm³/mol. The molecule has 0 saturated carbocycles. The molecule has 1 fully saturated rings. The van der Waals surface area contributed by atoms with E-state index in [2.05, 4.69) is 19.9 Å². The topological polar surface area (TPSA) is 52.6 Å². The first-order valence-electron chi connectivity index (χ1n) is 8.03. The standard InChI is InChI=1S/C17H26O4/c1-11(2)9-14(15-10-12(3)16(18)20-15)21-17(19)13-7-5-4-6-8-13/h4-5,11-15H,6-10H2,1-3H3. The second-order valence-corrected chi connectivity index (χ2v) is 6.70. The Morgan fingerprint density at radius 2 is 2.19 bits per heavy atom. The van der Waals surface area contributed by atoms with Gasteiger partial charge in [0.25, 0.3) is 0 Å². The lowest BCUT2D eigenvalue weighted by Crippen LogP contribution is -2.35. The van der Waals surface area contributed by atoms with E-state index in [1.165, 1.54) is 0 Å². The Labute approximate surface area is 126 Å². The van der Waals surface area contributed by atoms with Gasteiger partial charge in [0.05, 0.1) is 11.8 Å². The van der Waals surface area contributed by atoms with Gasteiger partial charge in [-0.15, -0.1) is 0 Å². The largest absolute Gasteiger partial charge is 0.458 e. The van der Waals surface area contributed by atoms with Crippen molar-refractivity contribution >= 4 is 11.9 Å². The monoisotopic (exact) mass is 294 g/mol. The zero-order valence-corrected chi connectivity index (χ0v) is 13.2. The molecule has 0 aromatic heterocycles. The molecule has 1 aliphatic heterocycles. The van der Waals surface area contributed by atoms with Crippen molar-refractivity contribution < 1.29 is 19.1 Å². The van der Waals surface area contributed by atoms with Crippen LogP contribution in [-0.4, -0.2) is 24.1 Å². The van der Waals surface area contributed by atoms with Crippen LogP contribution in [0.3, 0.4) is 0 Å². The summed E-state index contributed by atoms with van der Waals surface area (Å²) in [6, 6.07) is 0. The molecule has 0 radical (unpaired) electrons. The number of ether oxygens (including phenoxy) is 2. The van der Waals surface area contributed by atoms with Crippen LogP contribution < -0.4 is 0 Å². The number of esters is 2. The first-order chi connectivity index (χ1) is 9.97. The second-order valence-electron chi connectivity index (χ2n) is 6.70. The highest BCUT2D eigenvalue weighted by atomic mass is 16.6. The normalized spacial score (nSPS) is 30.3. The number of carbonyl (C=O) groups is 2. The molecule has 4 nitrogen and oxygen atoms in total. The lowest BCUT2D eigenvalue weighted by Gasteiger charge is -2.27. The molecule has 4 unspecified atom stereocenters. The van der Waals surface area contributed by atoms with Gasteiger partial charge in [-0.05, 0) is 31.6 Å². The average molecular weight is 294 g/mol. The van der Waals surface area contributed by atoms with Crippen LogP contribution in [0.1, 0.15) is 52.9 Å². The molecule has 0 spiro atoms. The summed E-state index contributed by atoms with van der Waals surface area (Å²) in [5.74, 6) is -0.0603. The molecule has 0 bridgehead atoms. The lowest BCUT2D eigenvalue weighted by atomic mass is 9.93. The fourth-order valence-corrected chi connectivity index (χ4v) is 2.98. The highest BCUT2D eigenvalue weighted by Gasteiger charge is 2.39. The van der Waals surface area contributed by atoms with Gasteiger partial charge in [-0.25, -0.2) is 0 Å². The maximum absolute atomic E-state index is 12.3. The molecule has 1 heterocycles. The van der Waals surface area contributed by atoms with Crippen molar-refractivity contribution in [3.05, 3.63) is 12.2 Å². The Morgan fingerprint density at radius 1 is 1.43 bits per heavy atom. The molecule has 1 aliphatic carbocycles. The Kier molecular flexibility index (Phi) is 5.43. The van der Waals surface area contributed by atoms with E-state index in [9.17, 15) is 9.59 Å². The summed E-state index contributed by atoms with van der Waals surface area (Å²) in [6.07, 6.45) is 7.49. The first kappa shape index (κ1) is 16.1. The minimum absolute atomic E-state index is 0.0424. The van der Waals surface area contributed by atoms with Crippen molar-refractivity contribution in [3.8, 4) is 0 Å². The zero-order valence-electron chi connectivity index (χ0n) is 13.2. The fraction of sp³-hybridized carbons (Fsp3) is 0.765. The van der Waals surface area contributed by atoms with E-state index in [0.29, 0.717) is 12.3 Å². The quantitative estimate of drug-likeness (QED) is 0.577. The van der Waals surface area contributed by atoms with E-state index in [-0.39, 0.29) is 36.0 Å². The minimum atomic E-state index is -0.308. The van der Waals surface area contributed by atoms with Crippen molar-refractivity contribution in [1.82, 2.24) is 0 Å².